The zero-order valence-corrected chi connectivity index (χ0v) is 13.4. The summed E-state index contributed by atoms with van der Waals surface area (Å²) in [4.78, 5) is 14.4. The van der Waals surface area contributed by atoms with Gasteiger partial charge in [0.2, 0.25) is 0 Å². The lowest BCUT2D eigenvalue weighted by molar-refractivity contribution is -0.0876. The monoisotopic (exact) mass is 295 g/mol. The molecule has 0 saturated heterocycles. The number of aryl methyl sites for hydroxylation is 1. The molecule has 22 heavy (non-hydrogen) atoms. The van der Waals surface area contributed by atoms with Crippen molar-refractivity contribution in [1.29, 1.82) is 0 Å². The van der Waals surface area contributed by atoms with E-state index in [9.17, 15) is 9.90 Å². The molecule has 1 amide bonds. The van der Waals surface area contributed by atoms with E-state index in [2.05, 4.69) is 0 Å². The molecule has 0 bridgehead atoms. The standard InChI is InChI=1S/C19H21NO2/c1-13-9-11-14(12-10-13)19(22)16-8-6-5-7-15(16)17(21)20(19)18(2,3)4/h5-12,22H,1-4H3. The van der Waals surface area contributed by atoms with Gasteiger partial charge < -0.3 is 5.11 Å². The highest BCUT2D eigenvalue weighted by atomic mass is 16.3. The summed E-state index contributed by atoms with van der Waals surface area (Å²) in [7, 11) is 0. The average molecular weight is 295 g/mol. The summed E-state index contributed by atoms with van der Waals surface area (Å²) >= 11 is 0. The van der Waals surface area contributed by atoms with Crippen molar-refractivity contribution in [2.45, 2.75) is 39.0 Å². The minimum absolute atomic E-state index is 0.133. The second-order valence-corrected chi connectivity index (χ2v) is 6.90. The van der Waals surface area contributed by atoms with Gasteiger partial charge in [-0.25, -0.2) is 0 Å². The van der Waals surface area contributed by atoms with Gasteiger partial charge in [0.15, 0.2) is 5.72 Å². The molecule has 3 nitrogen and oxygen atoms in total. The smallest absolute Gasteiger partial charge is 0.257 e. The van der Waals surface area contributed by atoms with E-state index < -0.39 is 11.3 Å². The number of amides is 1. The fourth-order valence-corrected chi connectivity index (χ4v) is 3.22. The molecule has 3 rings (SSSR count). The van der Waals surface area contributed by atoms with Crippen molar-refractivity contribution in [2.24, 2.45) is 0 Å². The molecule has 0 aliphatic carbocycles. The molecule has 1 aliphatic rings. The summed E-state index contributed by atoms with van der Waals surface area (Å²) < 4.78 is 0. The van der Waals surface area contributed by atoms with Gasteiger partial charge in [0.25, 0.3) is 5.91 Å². The third-order valence-electron chi connectivity index (χ3n) is 4.18. The second-order valence-electron chi connectivity index (χ2n) is 6.90. The first-order valence-electron chi connectivity index (χ1n) is 7.50. The van der Waals surface area contributed by atoms with Crippen LogP contribution in [0.2, 0.25) is 0 Å². The van der Waals surface area contributed by atoms with E-state index in [1.165, 1.54) is 0 Å². The maximum absolute atomic E-state index is 12.9. The normalized spacial score (nSPS) is 21.1. The maximum atomic E-state index is 12.9. The number of hydrogen-bond acceptors (Lipinski definition) is 2. The van der Waals surface area contributed by atoms with E-state index >= 15 is 0 Å². The fraction of sp³-hybridized carbons (Fsp3) is 0.316. The highest BCUT2D eigenvalue weighted by Gasteiger charge is 2.53. The fourth-order valence-electron chi connectivity index (χ4n) is 3.22. The molecule has 1 heterocycles. The molecule has 2 aromatic carbocycles. The molecular formula is C19H21NO2. The van der Waals surface area contributed by atoms with Crippen molar-refractivity contribution in [1.82, 2.24) is 4.90 Å². The number of hydrogen-bond donors (Lipinski definition) is 1. The lowest BCUT2D eigenvalue weighted by atomic mass is 9.91. The first-order chi connectivity index (χ1) is 10.3. The van der Waals surface area contributed by atoms with Gasteiger partial charge >= 0.3 is 0 Å². The van der Waals surface area contributed by atoms with Crippen LogP contribution < -0.4 is 0 Å². The number of carbonyl (C=O) groups excluding carboxylic acids is 1. The lowest BCUT2D eigenvalue weighted by Crippen LogP contribution is -2.54. The summed E-state index contributed by atoms with van der Waals surface area (Å²) in [6.07, 6.45) is 0. The molecule has 0 fully saturated rings. The molecule has 1 N–H and O–H groups in total. The Morgan fingerprint density at radius 3 is 2.18 bits per heavy atom. The maximum Gasteiger partial charge on any atom is 0.257 e. The van der Waals surface area contributed by atoms with Gasteiger partial charge in [-0.1, -0.05) is 48.0 Å². The first-order valence-corrected chi connectivity index (χ1v) is 7.50. The number of nitrogens with zero attached hydrogens (tertiary/aromatic N) is 1. The quantitative estimate of drug-likeness (QED) is 0.875. The zero-order chi connectivity index (χ0) is 16.1. The van der Waals surface area contributed by atoms with Crippen LogP contribution in [-0.2, 0) is 5.72 Å². The van der Waals surface area contributed by atoms with Crippen LogP contribution in [0.1, 0.15) is 47.8 Å². The molecule has 1 unspecified atom stereocenters. The molecule has 1 atom stereocenters. The van der Waals surface area contributed by atoms with Crippen LogP contribution in [0.3, 0.4) is 0 Å². The van der Waals surface area contributed by atoms with E-state index in [-0.39, 0.29) is 5.91 Å². The summed E-state index contributed by atoms with van der Waals surface area (Å²) in [5.74, 6) is -0.133. The molecule has 114 valence electrons. The Morgan fingerprint density at radius 1 is 1.00 bits per heavy atom. The van der Waals surface area contributed by atoms with Crippen molar-refractivity contribution < 1.29 is 9.90 Å². The highest BCUT2D eigenvalue weighted by Crippen LogP contribution is 2.45. The number of fused-ring (bicyclic) bond motifs is 1. The van der Waals surface area contributed by atoms with Crippen LogP contribution in [0.4, 0.5) is 0 Å². The Kier molecular flexibility index (Phi) is 3.15. The van der Waals surface area contributed by atoms with Gasteiger partial charge in [0.05, 0.1) is 0 Å². The molecule has 0 saturated carbocycles. The number of carbonyl (C=O) groups is 1. The van der Waals surface area contributed by atoms with Crippen LogP contribution in [0.15, 0.2) is 48.5 Å². The number of benzene rings is 2. The Labute approximate surface area is 131 Å². The molecule has 0 spiro atoms. The van der Waals surface area contributed by atoms with Gasteiger partial charge in [-0.15, -0.1) is 0 Å². The molecule has 2 aromatic rings. The van der Waals surface area contributed by atoms with Gasteiger partial charge in [-0.05, 0) is 33.8 Å². The third kappa shape index (κ3) is 1.97. The van der Waals surface area contributed by atoms with Gasteiger partial charge in [0.1, 0.15) is 0 Å². The topological polar surface area (TPSA) is 40.5 Å². The summed E-state index contributed by atoms with van der Waals surface area (Å²) in [6.45, 7) is 7.82. The minimum atomic E-state index is -1.43. The summed E-state index contributed by atoms with van der Waals surface area (Å²) in [5, 5.41) is 11.6. The Balaban J connectivity index is 2.29. The van der Waals surface area contributed by atoms with E-state index in [1.54, 1.807) is 11.0 Å². The summed E-state index contributed by atoms with van der Waals surface area (Å²) in [5.41, 5.74) is 1.12. The van der Waals surface area contributed by atoms with Crippen LogP contribution in [0.5, 0.6) is 0 Å². The molecule has 3 heteroatoms. The third-order valence-corrected chi connectivity index (χ3v) is 4.18. The van der Waals surface area contributed by atoms with Crippen molar-refractivity contribution >= 4 is 5.91 Å². The lowest BCUT2D eigenvalue weighted by Gasteiger charge is -2.43. The number of aliphatic hydroxyl groups is 1. The number of rotatable bonds is 1. The predicted octanol–water partition coefficient (Wildman–Crippen LogP) is 3.44. The van der Waals surface area contributed by atoms with Crippen molar-refractivity contribution in [3.8, 4) is 0 Å². The van der Waals surface area contributed by atoms with Crippen LogP contribution in [0.25, 0.3) is 0 Å². The average Bonchev–Trinajstić information content (AvgIpc) is 2.69. The Bertz CT molecular complexity index is 728. The molecule has 0 radical (unpaired) electrons. The Hall–Kier alpha value is -2.13. The zero-order valence-electron chi connectivity index (χ0n) is 13.4. The van der Waals surface area contributed by atoms with E-state index in [0.29, 0.717) is 16.7 Å². The van der Waals surface area contributed by atoms with E-state index in [4.69, 9.17) is 0 Å². The highest BCUT2D eigenvalue weighted by molar-refractivity contribution is 6.00. The summed E-state index contributed by atoms with van der Waals surface area (Å²) in [6, 6.07) is 15.0. The van der Waals surface area contributed by atoms with Crippen LogP contribution in [-0.4, -0.2) is 21.5 Å². The van der Waals surface area contributed by atoms with Gasteiger partial charge in [0, 0.05) is 22.2 Å². The van der Waals surface area contributed by atoms with Gasteiger partial charge in [-0.3, -0.25) is 9.69 Å². The van der Waals surface area contributed by atoms with Crippen molar-refractivity contribution in [3.63, 3.8) is 0 Å². The van der Waals surface area contributed by atoms with Crippen molar-refractivity contribution in [2.75, 3.05) is 0 Å². The minimum Gasteiger partial charge on any atom is -0.363 e. The predicted molar refractivity (Wildman–Crippen MR) is 86.5 cm³/mol. The van der Waals surface area contributed by atoms with Gasteiger partial charge in [-0.2, -0.15) is 0 Å². The van der Waals surface area contributed by atoms with Crippen molar-refractivity contribution in [3.05, 3.63) is 70.8 Å². The molecule has 1 aliphatic heterocycles. The second kappa shape index (κ2) is 4.68. The molecular weight excluding hydrogens is 274 g/mol. The first kappa shape index (κ1) is 14.8. The van der Waals surface area contributed by atoms with E-state index in [1.807, 2.05) is 70.2 Å². The largest absolute Gasteiger partial charge is 0.363 e. The van der Waals surface area contributed by atoms with Crippen LogP contribution >= 0.6 is 0 Å². The van der Waals surface area contributed by atoms with Crippen LogP contribution in [0, 0.1) is 6.92 Å². The SMILES string of the molecule is Cc1ccc(C2(O)c3ccccc3C(=O)N2C(C)(C)C)cc1. The molecule has 0 aromatic heterocycles. The van der Waals surface area contributed by atoms with E-state index in [0.717, 1.165) is 5.56 Å². The Morgan fingerprint density at radius 2 is 1.59 bits per heavy atom.